The molecule has 1 aliphatic carbocycles. The fraction of sp³-hybridized carbons (Fsp3) is 0.440. The Kier molecular flexibility index (Phi) is 11.5. The highest BCUT2D eigenvalue weighted by molar-refractivity contribution is 7.80. The number of Topliss-reactive ketones (excluding diaryl/α,β-unsaturated/α-hetero) is 1. The van der Waals surface area contributed by atoms with Crippen molar-refractivity contribution in [3.05, 3.63) is 34.5 Å². The number of ketones is 2. The van der Waals surface area contributed by atoms with Crippen LogP contribution in [-0.4, -0.2) is 89.2 Å². The van der Waals surface area contributed by atoms with Gasteiger partial charge in [0.15, 0.2) is 5.78 Å². The van der Waals surface area contributed by atoms with Gasteiger partial charge in [-0.2, -0.15) is 12.6 Å². The van der Waals surface area contributed by atoms with Crippen LogP contribution in [0.5, 0.6) is 11.5 Å². The van der Waals surface area contributed by atoms with Crippen LogP contribution in [0.15, 0.2) is 17.8 Å². The number of carboxylic acid groups (broad SMARTS) is 2. The number of carbonyl (C=O) groups is 6. The summed E-state index contributed by atoms with van der Waals surface area (Å²) >= 11 is 3.96. The first-order valence-electron chi connectivity index (χ1n) is 12.1. The average molecular weight is 582 g/mol. The van der Waals surface area contributed by atoms with Crippen molar-refractivity contribution in [2.45, 2.75) is 44.4 Å². The summed E-state index contributed by atoms with van der Waals surface area (Å²) in [5, 5.41) is 35.7. The lowest BCUT2D eigenvalue weighted by Crippen LogP contribution is -2.49. The van der Waals surface area contributed by atoms with Gasteiger partial charge >= 0.3 is 11.9 Å². The van der Waals surface area contributed by atoms with E-state index in [0.717, 1.165) is 6.08 Å². The molecule has 0 radical (unpaired) electrons. The Morgan fingerprint density at radius 3 is 2.25 bits per heavy atom. The number of allylic oxidation sites excluding steroid dienone is 2. The van der Waals surface area contributed by atoms with E-state index in [1.807, 2.05) is 0 Å². The molecule has 0 bridgehead atoms. The summed E-state index contributed by atoms with van der Waals surface area (Å²) in [6, 6.07) is -1.27. The number of aliphatic carboxylic acids is 2. The number of carboxylic acids is 2. The number of hydrogen-bond acceptors (Lipinski definition) is 11. The maximum absolute atomic E-state index is 13.4. The van der Waals surface area contributed by atoms with Crippen molar-refractivity contribution in [2.24, 2.45) is 0 Å². The molecule has 0 fully saturated rings. The van der Waals surface area contributed by atoms with Gasteiger partial charge < -0.3 is 40.7 Å². The largest absolute Gasteiger partial charge is 0.496 e. The van der Waals surface area contributed by atoms with E-state index in [4.69, 9.17) is 14.6 Å². The molecule has 218 valence electrons. The Morgan fingerprint density at radius 2 is 1.73 bits per heavy atom. The summed E-state index contributed by atoms with van der Waals surface area (Å²) in [6.45, 7) is 1.05. The van der Waals surface area contributed by atoms with Crippen LogP contribution in [0.3, 0.4) is 0 Å². The standard InChI is InChI=1S/C25H31N3O11S/c1-4-15(29)11-7-17(38-2)21-20(23(11)39-3)16(30)8-13(22(21)34)27-12(25(36)37)5-6-18(31)28-14(10-40)24(35)26-9-19(32)33/h7-8,12,14-15,27,29,40H,4-6,9-10H2,1-3H3,(H,26,35)(H,28,31)(H,32,33)(H,36,37)/t12-,14-,15?/m0/s1. The quantitative estimate of drug-likeness (QED) is 0.135. The van der Waals surface area contributed by atoms with Crippen molar-refractivity contribution >= 4 is 47.9 Å². The molecule has 15 heteroatoms. The molecule has 1 aromatic rings. The summed E-state index contributed by atoms with van der Waals surface area (Å²) in [5.41, 5.74) is -0.412. The van der Waals surface area contributed by atoms with Gasteiger partial charge in [0.1, 0.15) is 30.1 Å². The average Bonchev–Trinajstić information content (AvgIpc) is 2.92. The van der Waals surface area contributed by atoms with E-state index in [2.05, 4.69) is 28.6 Å². The van der Waals surface area contributed by atoms with Crippen molar-refractivity contribution < 1.29 is 53.6 Å². The normalized spacial score (nSPS) is 14.7. The fourth-order valence-electron chi connectivity index (χ4n) is 3.95. The molecular formula is C25H31N3O11S. The Morgan fingerprint density at radius 1 is 1.05 bits per heavy atom. The minimum absolute atomic E-state index is 0.00334. The first-order chi connectivity index (χ1) is 18.9. The van der Waals surface area contributed by atoms with Crippen molar-refractivity contribution in [3.63, 3.8) is 0 Å². The van der Waals surface area contributed by atoms with Crippen LogP contribution in [0.25, 0.3) is 0 Å². The molecule has 40 heavy (non-hydrogen) atoms. The molecule has 1 aliphatic rings. The molecular weight excluding hydrogens is 550 g/mol. The van der Waals surface area contributed by atoms with Crippen molar-refractivity contribution in [1.29, 1.82) is 0 Å². The monoisotopic (exact) mass is 581 g/mol. The van der Waals surface area contributed by atoms with Crippen LogP contribution in [0, 0.1) is 0 Å². The summed E-state index contributed by atoms with van der Waals surface area (Å²) < 4.78 is 10.7. The van der Waals surface area contributed by atoms with Gasteiger partial charge in [-0.25, -0.2) is 4.79 Å². The van der Waals surface area contributed by atoms with Gasteiger partial charge in [0.05, 0.1) is 37.1 Å². The predicted octanol–water partition coefficient (Wildman–Crippen LogP) is -0.151. The highest BCUT2D eigenvalue weighted by Gasteiger charge is 2.36. The number of fused-ring (bicyclic) bond motifs is 1. The molecule has 0 saturated heterocycles. The Labute approximate surface area is 234 Å². The molecule has 1 unspecified atom stereocenters. The van der Waals surface area contributed by atoms with Gasteiger partial charge in [0.25, 0.3) is 0 Å². The molecule has 2 rings (SSSR count). The highest BCUT2D eigenvalue weighted by atomic mass is 32.1. The number of rotatable bonds is 15. The molecule has 0 aliphatic heterocycles. The van der Waals surface area contributed by atoms with Crippen molar-refractivity contribution in [1.82, 2.24) is 16.0 Å². The van der Waals surface area contributed by atoms with Gasteiger partial charge in [-0.1, -0.05) is 6.92 Å². The maximum Gasteiger partial charge on any atom is 0.326 e. The molecule has 2 amide bonds. The molecule has 0 aromatic heterocycles. The van der Waals surface area contributed by atoms with Crippen LogP contribution < -0.4 is 25.4 Å². The topological polar surface area (TPSA) is 218 Å². The molecule has 6 N–H and O–H groups in total. The minimum Gasteiger partial charge on any atom is -0.496 e. The predicted molar refractivity (Wildman–Crippen MR) is 142 cm³/mol. The van der Waals surface area contributed by atoms with E-state index in [9.17, 15) is 39.0 Å². The van der Waals surface area contributed by atoms with E-state index >= 15 is 0 Å². The number of amides is 2. The van der Waals surface area contributed by atoms with E-state index in [1.165, 1.54) is 20.3 Å². The van der Waals surface area contributed by atoms with Gasteiger partial charge in [0, 0.05) is 23.8 Å². The number of hydrogen-bond donors (Lipinski definition) is 7. The van der Waals surface area contributed by atoms with E-state index in [0.29, 0.717) is 6.42 Å². The Bertz CT molecular complexity index is 1230. The molecule has 14 nitrogen and oxygen atoms in total. The third-order valence-electron chi connectivity index (χ3n) is 5.97. The zero-order valence-electron chi connectivity index (χ0n) is 22.0. The van der Waals surface area contributed by atoms with Crippen molar-refractivity contribution in [2.75, 3.05) is 26.5 Å². The van der Waals surface area contributed by atoms with Crippen LogP contribution >= 0.6 is 12.6 Å². The van der Waals surface area contributed by atoms with Crippen LogP contribution in [0.1, 0.15) is 58.6 Å². The van der Waals surface area contributed by atoms with Crippen LogP contribution in [-0.2, 0) is 19.2 Å². The third-order valence-corrected chi connectivity index (χ3v) is 6.34. The zero-order chi connectivity index (χ0) is 30.1. The number of aliphatic hydroxyl groups excluding tert-OH is 1. The summed E-state index contributed by atoms with van der Waals surface area (Å²) in [7, 11) is 2.55. The first-order valence-corrected chi connectivity index (χ1v) is 12.7. The molecule has 0 heterocycles. The van der Waals surface area contributed by atoms with E-state index in [1.54, 1.807) is 6.92 Å². The van der Waals surface area contributed by atoms with Crippen molar-refractivity contribution in [3.8, 4) is 11.5 Å². The smallest absolute Gasteiger partial charge is 0.326 e. The van der Waals surface area contributed by atoms with E-state index in [-0.39, 0.29) is 46.1 Å². The van der Waals surface area contributed by atoms with Crippen LogP contribution in [0.4, 0.5) is 0 Å². The van der Waals surface area contributed by atoms with Gasteiger partial charge in [-0.3, -0.25) is 24.0 Å². The summed E-state index contributed by atoms with van der Waals surface area (Å²) in [4.78, 5) is 73.4. The fourth-order valence-corrected chi connectivity index (χ4v) is 4.20. The van der Waals surface area contributed by atoms with Crippen LogP contribution in [0.2, 0.25) is 0 Å². The number of benzene rings is 1. The number of methoxy groups -OCH3 is 2. The molecule has 3 atom stereocenters. The lowest BCUT2D eigenvalue weighted by atomic mass is 9.87. The summed E-state index contributed by atoms with van der Waals surface area (Å²) in [6.07, 6.45) is -0.548. The minimum atomic E-state index is -1.49. The van der Waals surface area contributed by atoms with Gasteiger partial charge in [0.2, 0.25) is 17.6 Å². The lowest BCUT2D eigenvalue weighted by Gasteiger charge is -2.25. The molecule has 1 aromatic carbocycles. The second-order valence-electron chi connectivity index (χ2n) is 8.61. The highest BCUT2D eigenvalue weighted by Crippen LogP contribution is 2.41. The van der Waals surface area contributed by atoms with Gasteiger partial charge in [-0.05, 0) is 18.9 Å². The SMILES string of the molecule is CCC(O)c1cc(OC)c2c(c1OC)C(=O)C=C(N[C@@H](CCC(=O)N[C@@H](CS)C(=O)NCC(=O)O)C(=O)O)C2=O. The number of thiol groups is 1. The summed E-state index contributed by atoms with van der Waals surface area (Å²) in [5.74, 6) is -5.84. The Hall–Kier alpha value is -4.11. The van der Waals surface area contributed by atoms with E-state index < -0.39 is 66.5 Å². The number of carbonyl (C=O) groups excluding carboxylic acids is 4. The number of aliphatic hydroxyl groups is 1. The molecule has 0 spiro atoms. The molecule has 0 saturated carbocycles. The zero-order valence-corrected chi connectivity index (χ0v) is 22.9. The maximum atomic E-state index is 13.4. The van der Waals surface area contributed by atoms with Gasteiger partial charge in [-0.15, -0.1) is 0 Å². The second-order valence-corrected chi connectivity index (χ2v) is 8.98. The number of ether oxygens (including phenoxy) is 2. The second kappa shape index (κ2) is 14.3. The third kappa shape index (κ3) is 7.51. The lowest BCUT2D eigenvalue weighted by molar-refractivity contribution is -0.139. The Balaban J connectivity index is 2.24. The first kappa shape index (κ1) is 32.1. The number of nitrogens with one attached hydrogen (secondary N) is 3.